The lowest BCUT2D eigenvalue weighted by Crippen LogP contribution is -2.32. The van der Waals surface area contributed by atoms with Crippen LogP contribution in [-0.2, 0) is 0 Å². The summed E-state index contributed by atoms with van der Waals surface area (Å²) in [6.07, 6.45) is 11.6. The van der Waals surface area contributed by atoms with Crippen molar-refractivity contribution in [2.75, 3.05) is 14.1 Å². The molecule has 1 nitrogen and oxygen atoms in total. The fourth-order valence-electron chi connectivity index (χ4n) is 2.63. The van der Waals surface area contributed by atoms with Crippen molar-refractivity contribution in [3.05, 3.63) is 0 Å². The van der Waals surface area contributed by atoms with Crippen LogP contribution in [0.1, 0.15) is 58.3 Å². The summed E-state index contributed by atoms with van der Waals surface area (Å²) < 4.78 is 0. The van der Waals surface area contributed by atoms with Crippen LogP contribution in [0.3, 0.4) is 0 Å². The van der Waals surface area contributed by atoms with E-state index in [0.717, 1.165) is 12.0 Å². The van der Waals surface area contributed by atoms with Gasteiger partial charge in [0.15, 0.2) is 0 Å². The Morgan fingerprint density at radius 2 is 1.64 bits per heavy atom. The van der Waals surface area contributed by atoms with Crippen molar-refractivity contribution in [2.45, 2.75) is 64.3 Å². The van der Waals surface area contributed by atoms with E-state index in [-0.39, 0.29) is 0 Å². The first-order valence-corrected chi connectivity index (χ1v) is 6.40. The summed E-state index contributed by atoms with van der Waals surface area (Å²) in [5, 5.41) is 0. The highest BCUT2D eigenvalue weighted by Crippen LogP contribution is 2.29. The molecule has 0 heterocycles. The molecular formula is C13H27N. The highest BCUT2D eigenvalue weighted by atomic mass is 15.1. The summed E-state index contributed by atoms with van der Waals surface area (Å²) in [6, 6.07) is 0.873. The first-order chi connectivity index (χ1) is 6.74. The van der Waals surface area contributed by atoms with Gasteiger partial charge in [-0.3, -0.25) is 0 Å². The van der Waals surface area contributed by atoms with E-state index in [2.05, 4.69) is 25.9 Å². The van der Waals surface area contributed by atoms with Crippen LogP contribution in [0.25, 0.3) is 0 Å². The Morgan fingerprint density at radius 1 is 1.00 bits per heavy atom. The summed E-state index contributed by atoms with van der Waals surface area (Å²) in [4.78, 5) is 2.41. The lowest BCUT2D eigenvalue weighted by Gasteiger charge is -2.32. The largest absolute Gasteiger partial charge is 0.306 e. The zero-order valence-corrected chi connectivity index (χ0v) is 10.3. The SMILES string of the molecule is CCCCCC1CCC(N(C)C)CC1. The van der Waals surface area contributed by atoms with Crippen LogP contribution in [0.5, 0.6) is 0 Å². The molecule has 1 heteroatoms. The molecule has 1 fully saturated rings. The minimum atomic E-state index is 0.873. The molecule has 0 saturated heterocycles. The maximum Gasteiger partial charge on any atom is 0.00893 e. The molecule has 0 aromatic heterocycles. The van der Waals surface area contributed by atoms with E-state index < -0.39 is 0 Å². The molecule has 0 radical (unpaired) electrons. The normalized spacial score (nSPS) is 28.3. The van der Waals surface area contributed by atoms with E-state index in [1.165, 1.54) is 51.4 Å². The summed E-state index contributed by atoms with van der Waals surface area (Å²) in [5.74, 6) is 1.05. The fourth-order valence-corrected chi connectivity index (χ4v) is 2.63. The van der Waals surface area contributed by atoms with Crippen LogP contribution in [0.2, 0.25) is 0 Å². The molecule has 1 saturated carbocycles. The Balaban J connectivity index is 2.09. The molecule has 0 aromatic carbocycles. The van der Waals surface area contributed by atoms with E-state index in [1.54, 1.807) is 0 Å². The Hall–Kier alpha value is -0.0400. The van der Waals surface area contributed by atoms with Gasteiger partial charge in [-0.2, -0.15) is 0 Å². The molecule has 0 aromatic rings. The lowest BCUT2D eigenvalue weighted by atomic mass is 9.83. The van der Waals surface area contributed by atoms with E-state index in [4.69, 9.17) is 0 Å². The molecule has 0 aliphatic heterocycles. The number of unbranched alkanes of at least 4 members (excludes halogenated alkanes) is 2. The first kappa shape index (κ1) is 12.0. The summed E-state index contributed by atoms with van der Waals surface area (Å²) >= 11 is 0. The topological polar surface area (TPSA) is 3.24 Å². The molecule has 0 atom stereocenters. The predicted octanol–water partition coefficient (Wildman–Crippen LogP) is 3.69. The summed E-state index contributed by atoms with van der Waals surface area (Å²) in [6.45, 7) is 2.29. The molecule has 14 heavy (non-hydrogen) atoms. The van der Waals surface area contributed by atoms with Crippen molar-refractivity contribution >= 4 is 0 Å². The third-order valence-corrected chi connectivity index (χ3v) is 3.76. The minimum Gasteiger partial charge on any atom is -0.306 e. The second-order valence-electron chi connectivity index (χ2n) is 5.13. The van der Waals surface area contributed by atoms with Gasteiger partial charge in [-0.25, -0.2) is 0 Å². The molecule has 1 aliphatic rings. The second kappa shape index (κ2) is 6.44. The number of nitrogens with zero attached hydrogens (tertiary/aromatic N) is 1. The molecule has 1 rings (SSSR count). The Morgan fingerprint density at radius 3 is 2.14 bits per heavy atom. The van der Waals surface area contributed by atoms with Gasteiger partial charge in [0.25, 0.3) is 0 Å². The lowest BCUT2D eigenvalue weighted by molar-refractivity contribution is 0.187. The number of hydrogen-bond acceptors (Lipinski definition) is 1. The van der Waals surface area contributed by atoms with E-state index >= 15 is 0 Å². The Labute approximate surface area is 89.9 Å². The third-order valence-electron chi connectivity index (χ3n) is 3.76. The van der Waals surface area contributed by atoms with Gasteiger partial charge in [-0.05, 0) is 45.7 Å². The third kappa shape index (κ3) is 4.00. The van der Waals surface area contributed by atoms with E-state index in [0.29, 0.717) is 0 Å². The van der Waals surface area contributed by atoms with Crippen molar-refractivity contribution in [3.8, 4) is 0 Å². The van der Waals surface area contributed by atoms with Gasteiger partial charge in [-0.15, -0.1) is 0 Å². The van der Waals surface area contributed by atoms with E-state index in [9.17, 15) is 0 Å². The zero-order chi connectivity index (χ0) is 10.4. The van der Waals surface area contributed by atoms with Crippen molar-refractivity contribution in [1.29, 1.82) is 0 Å². The Kier molecular flexibility index (Phi) is 5.54. The van der Waals surface area contributed by atoms with Gasteiger partial charge < -0.3 is 4.90 Å². The quantitative estimate of drug-likeness (QED) is 0.608. The van der Waals surface area contributed by atoms with Crippen LogP contribution in [0, 0.1) is 5.92 Å². The highest BCUT2D eigenvalue weighted by molar-refractivity contribution is 4.76. The van der Waals surface area contributed by atoms with Crippen molar-refractivity contribution in [1.82, 2.24) is 4.90 Å². The minimum absolute atomic E-state index is 0.873. The van der Waals surface area contributed by atoms with Crippen LogP contribution < -0.4 is 0 Å². The molecule has 1 aliphatic carbocycles. The molecule has 0 bridgehead atoms. The zero-order valence-electron chi connectivity index (χ0n) is 10.3. The van der Waals surface area contributed by atoms with Crippen LogP contribution in [-0.4, -0.2) is 25.0 Å². The molecule has 0 amide bonds. The number of rotatable bonds is 5. The summed E-state index contributed by atoms with van der Waals surface area (Å²) in [7, 11) is 4.45. The average molecular weight is 197 g/mol. The highest BCUT2D eigenvalue weighted by Gasteiger charge is 2.21. The van der Waals surface area contributed by atoms with Gasteiger partial charge in [0, 0.05) is 6.04 Å². The van der Waals surface area contributed by atoms with Gasteiger partial charge in [0.05, 0.1) is 0 Å². The van der Waals surface area contributed by atoms with E-state index in [1.807, 2.05) is 0 Å². The smallest absolute Gasteiger partial charge is 0.00893 e. The van der Waals surface area contributed by atoms with Crippen LogP contribution >= 0.6 is 0 Å². The standard InChI is InChI=1S/C13H27N/c1-4-5-6-7-12-8-10-13(11-9-12)14(2)3/h12-13H,4-11H2,1-3H3. The maximum absolute atomic E-state index is 2.41. The average Bonchev–Trinajstić information content (AvgIpc) is 2.19. The van der Waals surface area contributed by atoms with Crippen molar-refractivity contribution in [3.63, 3.8) is 0 Å². The predicted molar refractivity (Wildman–Crippen MR) is 63.6 cm³/mol. The maximum atomic E-state index is 2.41. The van der Waals surface area contributed by atoms with Gasteiger partial charge in [-0.1, -0.05) is 32.6 Å². The second-order valence-corrected chi connectivity index (χ2v) is 5.13. The van der Waals surface area contributed by atoms with Crippen LogP contribution in [0.15, 0.2) is 0 Å². The first-order valence-electron chi connectivity index (χ1n) is 6.40. The fraction of sp³-hybridized carbons (Fsp3) is 1.00. The molecule has 0 N–H and O–H groups in total. The monoisotopic (exact) mass is 197 g/mol. The molecule has 0 spiro atoms. The summed E-state index contributed by atoms with van der Waals surface area (Å²) in [5.41, 5.74) is 0. The van der Waals surface area contributed by atoms with Crippen molar-refractivity contribution < 1.29 is 0 Å². The molecule has 84 valence electrons. The molecule has 0 unspecified atom stereocenters. The Bertz CT molecular complexity index is 134. The van der Waals surface area contributed by atoms with Gasteiger partial charge in [0.2, 0.25) is 0 Å². The van der Waals surface area contributed by atoms with Crippen molar-refractivity contribution in [2.24, 2.45) is 5.92 Å². The van der Waals surface area contributed by atoms with Gasteiger partial charge >= 0.3 is 0 Å². The molecular weight excluding hydrogens is 170 g/mol. The van der Waals surface area contributed by atoms with Crippen LogP contribution in [0.4, 0.5) is 0 Å². The van der Waals surface area contributed by atoms with Gasteiger partial charge in [0.1, 0.15) is 0 Å². The number of hydrogen-bond donors (Lipinski definition) is 0.